The van der Waals surface area contributed by atoms with Gasteiger partial charge in [-0.25, -0.2) is 9.78 Å². The highest BCUT2D eigenvalue weighted by atomic mass is 16.6. The number of hydrogen-bond donors (Lipinski definition) is 1. The molecule has 1 amide bonds. The van der Waals surface area contributed by atoms with Gasteiger partial charge in [0.2, 0.25) is 5.95 Å². The molecule has 160 valence electrons. The van der Waals surface area contributed by atoms with Crippen LogP contribution in [-0.2, 0) is 4.74 Å². The molecule has 7 nitrogen and oxygen atoms in total. The number of carbonyl (C=O) groups is 1. The summed E-state index contributed by atoms with van der Waals surface area (Å²) in [5.74, 6) is 2.82. The first kappa shape index (κ1) is 20.7. The predicted molar refractivity (Wildman–Crippen MR) is 119 cm³/mol. The molecule has 1 fully saturated rings. The van der Waals surface area contributed by atoms with Crippen LogP contribution in [0.15, 0.2) is 66.9 Å². The van der Waals surface area contributed by atoms with Crippen LogP contribution in [0.1, 0.15) is 32.4 Å². The van der Waals surface area contributed by atoms with Gasteiger partial charge in [-0.05, 0) is 48.7 Å². The molecule has 1 saturated heterocycles. The Morgan fingerprint density at radius 3 is 2.45 bits per heavy atom. The molecule has 1 aromatic heterocycles. The van der Waals surface area contributed by atoms with Crippen molar-refractivity contribution >= 4 is 17.9 Å². The van der Waals surface area contributed by atoms with Crippen molar-refractivity contribution in [3.63, 3.8) is 0 Å². The Morgan fingerprint density at radius 1 is 1.03 bits per heavy atom. The number of para-hydroxylation sites is 1. The summed E-state index contributed by atoms with van der Waals surface area (Å²) < 4.78 is 11.1. The van der Waals surface area contributed by atoms with E-state index in [1.54, 1.807) is 17.2 Å². The van der Waals surface area contributed by atoms with E-state index in [0.717, 1.165) is 17.1 Å². The minimum absolute atomic E-state index is 0.0348. The summed E-state index contributed by atoms with van der Waals surface area (Å²) in [5, 5.41) is 3.31. The van der Waals surface area contributed by atoms with Crippen molar-refractivity contribution in [2.45, 2.75) is 32.9 Å². The Hall–Kier alpha value is -3.61. The zero-order valence-corrected chi connectivity index (χ0v) is 17.9. The molecule has 0 aliphatic carbocycles. The average Bonchev–Trinajstić information content (AvgIpc) is 3.17. The quantitative estimate of drug-likeness (QED) is 0.552. The molecule has 4 rings (SSSR count). The van der Waals surface area contributed by atoms with E-state index in [-0.39, 0.29) is 24.1 Å². The molecular formula is C24H26N4O3. The van der Waals surface area contributed by atoms with Crippen molar-refractivity contribution in [3.05, 3.63) is 72.4 Å². The van der Waals surface area contributed by atoms with Crippen LogP contribution in [0.5, 0.6) is 11.5 Å². The lowest BCUT2D eigenvalue weighted by Crippen LogP contribution is -2.37. The molecule has 3 aromatic rings. The topological polar surface area (TPSA) is 76.6 Å². The minimum atomic E-state index is -0.370. The molecule has 2 aromatic carbocycles. The van der Waals surface area contributed by atoms with Crippen LogP contribution >= 0.6 is 0 Å². The van der Waals surface area contributed by atoms with Gasteiger partial charge in [0.05, 0.1) is 12.1 Å². The lowest BCUT2D eigenvalue weighted by molar-refractivity contribution is 0.177. The second-order valence-corrected chi connectivity index (χ2v) is 7.85. The Bertz CT molecular complexity index is 1020. The monoisotopic (exact) mass is 418 g/mol. The molecule has 7 heteroatoms. The highest BCUT2D eigenvalue weighted by Crippen LogP contribution is 2.27. The first-order valence-electron chi connectivity index (χ1n) is 10.4. The zero-order valence-electron chi connectivity index (χ0n) is 17.9. The number of benzene rings is 2. The van der Waals surface area contributed by atoms with Gasteiger partial charge >= 0.3 is 6.09 Å². The highest BCUT2D eigenvalue weighted by molar-refractivity contribution is 5.89. The van der Waals surface area contributed by atoms with Gasteiger partial charge in [-0.1, -0.05) is 44.2 Å². The number of carbonyl (C=O) groups excluding carboxylic acids is 1. The van der Waals surface area contributed by atoms with E-state index in [2.05, 4.69) is 29.1 Å². The second-order valence-electron chi connectivity index (χ2n) is 7.85. The van der Waals surface area contributed by atoms with Gasteiger partial charge < -0.3 is 14.8 Å². The summed E-state index contributed by atoms with van der Waals surface area (Å²) in [5.41, 5.74) is 1.06. The fourth-order valence-electron chi connectivity index (χ4n) is 3.47. The number of hydrogen-bond acceptors (Lipinski definition) is 6. The molecule has 0 radical (unpaired) electrons. The fourth-order valence-corrected chi connectivity index (χ4v) is 3.47. The molecule has 1 aliphatic heterocycles. The van der Waals surface area contributed by atoms with E-state index < -0.39 is 0 Å². The van der Waals surface area contributed by atoms with Gasteiger partial charge in [0.1, 0.15) is 23.9 Å². The van der Waals surface area contributed by atoms with E-state index in [9.17, 15) is 4.79 Å². The molecule has 0 saturated carbocycles. The van der Waals surface area contributed by atoms with Crippen LogP contribution < -0.4 is 15.0 Å². The number of nitrogens with one attached hydrogen (secondary N) is 1. The van der Waals surface area contributed by atoms with Crippen molar-refractivity contribution in [2.24, 2.45) is 5.92 Å². The maximum Gasteiger partial charge on any atom is 0.415 e. The van der Waals surface area contributed by atoms with Crippen LogP contribution in [0, 0.1) is 5.92 Å². The van der Waals surface area contributed by atoms with E-state index in [0.29, 0.717) is 18.4 Å². The van der Waals surface area contributed by atoms with E-state index in [1.807, 2.05) is 61.5 Å². The summed E-state index contributed by atoms with van der Waals surface area (Å²) in [6.45, 7) is 6.53. The molecule has 1 aliphatic rings. The molecule has 2 atom stereocenters. The van der Waals surface area contributed by atoms with Crippen molar-refractivity contribution < 1.29 is 14.3 Å². The maximum atomic E-state index is 12.2. The van der Waals surface area contributed by atoms with Crippen LogP contribution in [0.2, 0.25) is 0 Å². The van der Waals surface area contributed by atoms with E-state index in [1.165, 1.54) is 0 Å². The lowest BCUT2D eigenvalue weighted by atomic mass is 10.0. The van der Waals surface area contributed by atoms with Crippen LogP contribution in [0.25, 0.3) is 0 Å². The number of rotatable bonds is 7. The molecule has 0 spiro atoms. The van der Waals surface area contributed by atoms with Gasteiger partial charge in [-0.2, -0.15) is 4.98 Å². The van der Waals surface area contributed by atoms with Crippen molar-refractivity contribution in [2.75, 3.05) is 16.8 Å². The van der Waals surface area contributed by atoms with Crippen molar-refractivity contribution in [1.82, 2.24) is 9.97 Å². The Kier molecular flexibility index (Phi) is 6.02. The average molecular weight is 418 g/mol. The van der Waals surface area contributed by atoms with E-state index in [4.69, 9.17) is 9.47 Å². The number of amides is 1. The molecular weight excluding hydrogens is 392 g/mol. The zero-order chi connectivity index (χ0) is 21.8. The third kappa shape index (κ3) is 4.77. The van der Waals surface area contributed by atoms with Crippen LogP contribution in [0.4, 0.5) is 16.6 Å². The summed E-state index contributed by atoms with van der Waals surface area (Å²) in [7, 11) is 0. The molecule has 1 N–H and O–H groups in total. The second kappa shape index (κ2) is 9.04. The standard InChI is InChI=1S/C24H26N4O3/c1-16(2)21-15-30-24(29)28(21)22-13-14-25-23(27-22)26-17(3)18-9-11-20(12-10-18)31-19-7-5-4-6-8-19/h4-14,16-17,21H,15H2,1-3H3,(H,25,26,27)/t17-,21+/m0/s1. The third-order valence-electron chi connectivity index (χ3n) is 5.27. The predicted octanol–water partition coefficient (Wildman–Crippen LogP) is 5.42. The SMILES string of the molecule is CC(C)[C@H]1COC(=O)N1c1ccnc(N[C@@H](C)c2ccc(Oc3ccccc3)cc2)n1. The Balaban J connectivity index is 1.44. The third-order valence-corrected chi connectivity index (χ3v) is 5.27. The van der Waals surface area contributed by atoms with E-state index >= 15 is 0 Å². The van der Waals surface area contributed by atoms with Crippen molar-refractivity contribution in [3.8, 4) is 11.5 Å². The molecule has 0 unspecified atom stereocenters. The Labute approximate surface area is 182 Å². The van der Waals surface area contributed by atoms with Gasteiger partial charge in [0, 0.05) is 6.20 Å². The number of anilines is 2. The van der Waals surface area contributed by atoms with Crippen LogP contribution in [-0.4, -0.2) is 28.7 Å². The minimum Gasteiger partial charge on any atom is -0.457 e. The number of cyclic esters (lactones) is 1. The molecule has 31 heavy (non-hydrogen) atoms. The Morgan fingerprint density at radius 2 is 1.74 bits per heavy atom. The van der Waals surface area contributed by atoms with Crippen molar-refractivity contribution in [1.29, 1.82) is 0 Å². The number of aromatic nitrogens is 2. The number of ether oxygens (including phenoxy) is 2. The number of nitrogens with zero attached hydrogens (tertiary/aromatic N) is 3. The smallest absolute Gasteiger partial charge is 0.415 e. The largest absolute Gasteiger partial charge is 0.457 e. The van der Waals surface area contributed by atoms with Crippen LogP contribution in [0.3, 0.4) is 0 Å². The highest BCUT2D eigenvalue weighted by Gasteiger charge is 2.37. The maximum absolute atomic E-state index is 12.2. The van der Waals surface area contributed by atoms with Gasteiger partial charge in [-0.15, -0.1) is 0 Å². The molecule has 0 bridgehead atoms. The summed E-state index contributed by atoms with van der Waals surface area (Å²) in [6, 6.07) is 19.2. The normalized spacial score (nSPS) is 16.8. The van der Waals surface area contributed by atoms with Gasteiger partial charge in [0.25, 0.3) is 0 Å². The molecule has 2 heterocycles. The summed E-state index contributed by atoms with van der Waals surface area (Å²) in [4.78, 5) is 22.7. The lowest BCUT2D eigenvalue weighted by Gasteiger charge is -2.23. The van der Waals surface area contributed by atoms with Gasteiger partial charge in [0.15, 0.2) is 0 Å². The summed E-state index contributed by atoms with van der Waals surface area (Å²) >= 11 is 0. The first-order chi connectivity index (χ1) is 15.0. The first-order valence-corrected chi connectivity index (χ1v) is 10.4. The summed E-state index contributed by atoms with van der Waals surface area (Å²) in [6.07, 6.45) is 1.28. The fraction of sp³-hybridized carbons (Fsp3) is 0.292. The van der Waals surface area contributed by atoms with Gasteiger partial charge in [-0.3, -0.25) is 4.90 Å².